The molecule has 1 fully saturated rings. The lowest BCUT2D eigenvalue weighted by molar-refractivity contribution is -0.120. The number of nitrogens with one attached hydrogen (secondary N) is 3. The van der Waals surface area contributed by atoms with Crippen LogP contribution in [-0.2, 0) is 4.79 Å². The Labute approximate surface area is 241 Å². The van der Waals surface area contributed by atoms with Crippen LogP contribution in [0.3, 0.4) is 0 Å². The Morgan fingerprint density at radius 2 is 1.88 bits per heavy atom. The maximum Gasteiger partial charge on any atom is 0.254 e. The number of hydrogen-bond donors (Lipinski definition) is 4. The third-order valence-corrected chi connectivity index (χ3v) is 7.16. The molecule has 0 spiro atoms. The first-order chi connectivity index (χ1) is 20.0. The van der Waals surface area contributed by atoms with Crippen molar-refractivity contribution in [3.63, 3.8) is 0 Å². The number of fused-ring (bicyclic) bond motifs is 1. The van der Waals surface area contributed by atoms with Gasteiger partial charge in [-0.3, -0.25) is 14.6 Å². The van der Waals surface area contributed by atoms with Crippen LogP contribution < -0.4 is 26.6 Å². The third-order valence-electron chi connectivity index (χ3n) is 7.16. The van der Waals surface area contributed by atoms with E-state index in [0.717, 1.165) is 17.8 Å². The lowest BCUT2D eigenvalue weighted by Crippen LogP contribution is -2.61. The first-order valence-corrected chi connectivity index (χ1v) is 13.7. The third kappa shape index (κ3) is 5.73. The number of pyridine rings is 1. The summed E-state index contributed by atoms with van der Waals surface area (Å²) in [6.07, 6.45) is 4.89. The highest BCUT2D eigenvalue weighted by molar-refractivity contribution is 5.96. The Kier molecular flexibility index (Phi) is 8.03. The highest BCUT2D eigenvalue weighted by Gasteiger charge is 2.34. The first-order valence-electron chi connectivity index (χ1n) is 13.7. The average molecular weight is 578 g/mol. The van der Waals surface area contributed by atoms with Gasteiger partial charge in [-0.1, -0.05) is 6.92 Å². The standard InChI is InChI=1S/C29H33F2N9O2/c1-15(2)35-28(42)19-6-7-20(30)25(26(19)31)22-8-5-18-11-34-29(40(18)38-22)37-23-12-33-10-9-24(23)39-13-16(3)27(21(32)14-39)36-17(4)41/h5-12,15-16,21,27H,13-14,32H2,1-4H3,(H,34,37)(H,35,42)(H,36,41). The van der Waals surface area contributed by atoms with E-state index in [1.807, 2.05) is 13.0 Å². The number of imidazole rings is 1. The molecule has 3 atom stereocenters. The molecule has 3 unspecified atom stereocenters. The number of carbonyl (C=O) groups is 2. The predicted octanol–water partition coefficient (Wildman–Crippen LogP) is 3.24. The number of aromatic nitrogens is 4. The molecule has 3 aromatic heterocycles. The Balaban J connectivity index is 1.47. The first kappa shape index (κ1) is 28.9. The lowest BCUT2D eigenvalue weighted by atomic mass is 9.89. The molecule has 1 saturated heterocycles. The number of benzene rings is 1. The minimum atomic E-state index is -1.00. The molecule has 5 N–H and O–H groups in total. The SMILES string of the molecule is CC(=O)NC1C(C)CN(c2ccncc2Nc2ncc3ccc(-c4c(F)ccc(C(=O)NC(C)C)c4F)nn23)CC1N. The predicted molar refractivity (Wildman–Crippen MR) is 155 cm³/mol. The number of halogens is 2. The monoisotopic (exact) mass is 577 g/mol. The Hall–Kier alpha value is -4.65. The fourth-order valence-corrected chi connectivity index (χ4v) is 5.29. The van der Waals surface area contributed by atoms with Crippen LogP contribution in [0.4, 0.5) is 26.1 Å². The molecule has 1 aromatic carbocycles. The van der Waals surface area contributed by atoms with Crippen molar-refractivity contribution in [3.8, 4) is 11.3 Å². The van der Waals surface area contributed by atoms with Gasteiger partial charge in [-0.05, 0) is 50.1 Å². The quantitative estimate of drug-likeness (QED) is 0.262. The van der Waals surface area contributed by atoms with Gasteiger partial charge in [-0.2, -0.15) is 9.61 Å². The normalized spacial score (nSPS) is 18.8. The van der Waals surface area contributed by atoms with Crippen molar-refractivity contribution in [2.45, 2.75) is 45.8 Å². The summed E-state index contributed by atoms with van der Waals surface area (Å²) in [5.74, 6) is -2.24. The molecule has 4 heterocycles. The highest BCUT2D eigenvalue weighted by atomic mass is 19.1. The molecule has 0 bridgehead atoms. The van der Waals surface area contributed by atoms with Crippen LogP contribution in [0.2, 0.25) is 0 Å². The molecule has 5 rings (SSSR count). The summed E-state index contributed by atoms with van der Waals surface area (Å²) < 4.78 is 31.9. The van der Waals surface area contributed by atoms with Crippen molar-refractivity contribution < 1.29 is 18.4 Å². The molecule has 13 heteroatoms. The summed E-state index contributed by atoms with van der Waals surface area (Å²) in [6, 6.07) is 6.47. The van der Waals surface area contributed by atoms with E-state index in [4.69, 9.17) is 5.73 Å². The average Bonchev–Trinajstić information content (AvgIpc) is 3.32. The van der Waals surface area contributed by atoms with E-state index in [-0.39, 0.29) is 41.2 Å². The number of hydrogen-bond acceptors (Lipinski definition) is 8. The van der Waals surface area contributed by atoms with Crippen LogP contribution in [-0.4, -0.2) is 62.6 Å². The van der Waals surface area contributed by atoms with Gasteiger partial charge < -0.3 is 26.6 Å². The zero-order valence-corrected chi connectivity index (χ0v) is 23.7. The summed E-state index contributed by atoms with van der Waals surface area (Å²) >= 11 is 0. The highest BCUT2D eigenvalue weighted by Crippen LogP contribution is 2.32. The van der Waals surface area contributed by atoms with Crippen LogP contribution in [0.25, 0.3) is 16.8 Å². The van der Waals surface area contributed by atoms with Gasteiger partial charge in [-0.25, -0.2) is 13.8 Å². The fraction of sp³-hybridized carbons (Fsp3) is 0.345. The molecule has 1 aliphatic heterocycles. The molecule has 220 valence electrons. The Morgan fingerprint density at radius 1 is 1.10 bits per heavy atom. The van der Waals surface area contributed by atoms with E-state index in [2.05, 4.69) is 35.9 Å². The molecular weight excluding hydrogens is 544 g/mol. The molecule has 11 nitrogen and oxygen atoms in total. The van der Waals surface area contributed by atoms with E-state index < -0.39 is 23.1 Å². The van der Waals surface area contributed by atoms with Gasteiger partial charge in [0, 0.05) is 44.3 Å². The summed E-state index contributed by atoms with van der Waals surface area (Å²) in [5.41, 5.74) is 7.77. The molecule has 0 saturated carbocycles. The summed E-state index contributed by atoms with van der Waals surface area (Å²) in [4.78, 5) is 35.0. The van der Waals surface area contributed by atoms with Crippen LogP contribution in [0.15, 0.2) is 48.9 Å². The molecule has 4 aromatic rings. The van der Waals surface area contributed by atoms with E-state index in [0.29, 0.717) is 30.2 Å². The van der Waals surface area contributed by atoms with Gasteiger partial charge >= 0.3 is 0 Å². The molecule has 2 amide bonds. The van der Waals surface area contributed by atoms with Gasteiger partial charge in [0.05, 0.1) is 46.1 Å². The molecular formula is C29H33F2N9O2. The number of piperidine rings is 1. The number of amides is 2. The van der Waals surface area contributed by atoms with Crippen LogP contribution in [0.1, 0.15) is 38.1 Å². The maximum atomic E-state index is 15.5. The lowest BCUT2D eigenvalue weighted by Gasteiger charge is -2.42. The largest absolute Gasteiger partial charge is 0.368 e. The second kappa shape index (κ2) is 11.7. The smallest absolute Gasteiger partial charge is 0.254 e. The topological polar surface area (TPSA) is 143 Å². The summed E-state index contributed by atoms with van der Waals surface area (Å²) in [7, 11) is 0. The maximum absolute atomic E-state index is 15.5. The molecule has 0 aliphatic carbocycles. The Morgan fingerprint density at radius 3 is 2.60 bits per heavy atom. The van der Waals surface area contributed by atoms with Crippen LogP contribution in [0, 0.1) is 17.6 Å². The van der Waals surface area contributed by atoms with Crippen molar-refractivity contribution in [1.82, 2.24) is 30.2 Å². The number of nitrogens with zero attached hydrogens (tertiary/aromatic N) is 5. The van der Waals surface area contributed by atoms with Crippen molar-refractivity contribution >= 4 is 34.7 Å². The summed E-state index contributed by atoms with van der Waals surface area (Å²) in [5, 5.41) is 13.3. The number of carbonyl (C=O) groups excluding carboxylic acids is 2. The van der Waals surface area contributed by atoms with Gasteiger partial charge in [0.1, 0.15) is 11.6 Å². The van der Waals surface area contributed by atoms with Gasteiger partial charge in [-0.15, -0.1) is 0 Å². The van der Waals surface area contributed by atoms with E-state index in [1.54, 1.807) is 38.5 Å². The number of rotatable bonds is 7. The van der Waals surface area contributed by atoms with Crippen LogP contribution >= 0.6 is 0 Å². The number of anilines is 3. The van der Waals surface area contributed by atoms with Crippen molar-refractivity contribution in [2.75, 3.05) is 23.3 Å². The van der Waals surface area contributed by atoms with E-state index >= 15 is 4.39 Å². The second-order valence-electron chi connectivity index (χ2n) is 10.8. The van der Waals surface area contributed by atoms with Crippen molar-refractivity contribution in [3.05, 3.63) is 66.1 Å². The van der Waals surface area contributed by atoms with Crippen molar-refractivity contribution in [2.24, 2.45) is 11.7 Å². The fourth-order valence-electron chi connectivity index (χ4n) is 5.29. The van der Waals surface area contributed by atoms with E-state index in [9.17, 15) is 14.0 Å². The van der Waals surface area contributed by atoms with Gasteiger partial charge in [0.2, 0.25) is 11.9 Å². The van der Waals surface area contributed by atoms with E-state index in [1.165, 1.54) is 17.5 Å². The molecule has 42 heavy (non-hydrogen) atoms. The van der Waals surface area contributed by atoms with Gasteiger partial charge in [0.15, 0.2) is 0 Å². The molecule has 0 radical (unpaired) electrons. The zero-order valence-electron chi connectivity index (χ0n) is 23.7. The summed E-state index contributed by atoms with van der Waals surface area (Å²) in [6.45, 7) is 8.15. The minimum Gasteiger partial charge on any atom is -0.368 e. The van der Waals surface area contributed by atoms with Crippen molar-refractivity contribution in [1.29, 1.82) is 0 Å². The number of nitrogens with two attached hydrogens (primary N) is 1. The second-order valence-corrected chi connectivity index (χ2v) is 10.8. The van der Waals surface area contributed by atoms with Crippen LogP contribution in [0.5, 0.6) is 0 Å². The molecule has 1 aliphatic rings. The minimum absolute atomic E-state index is 0.0102. The van der Waals surface area contributed by atoms with Gasteiger partial charge in [0.25, 0.3) is 5.91 Å². The zero-order chi connectivity index (χ0) is 30.1. The Bertz CT molecular complexity index is 1630.